The number of fused-ring (bicyclic) bond motifs is 3. The maximum absolute atomic E-state index is 13.6. The molecule has 188 valence electrons. The topological polar surface area (TPSA) is 64.0 Å². The van der Waals surface area contributed by atoms with Gasteiger partial charge in [0.05, 0.1) is 21.8 Å². The lowest BCUT2D eigenvalue weighted by Crippen LogP contribution is -2.27. The molecule has 6 rings (SSSR count). The normalized spacial score (nSPS) is 11.7. The first-order valence-corrected chi connectivity index (χ1v) is 14.5. The van der Waals surface area contributed by atoms with Crippen molar-refractivity contribution in [3.63, 3.8) is 0 Å². The van der Waals surface area contributed by atoms with Crippen molar-refractivity contribution in [1.29, 1.82) is 0 Å². The van der Waals surface area contributed by atoms with Gasteiger partial charge in [0.2, 0.25) is 0 Å². The molecule has 0 fully saturated rings. The van der Waals surface area contributed by atoms with E-state index in [1.165, 1.54) is 0 Å². The third kappa shape index (κ3) is 4.59. The van der Waals surface area contributed by atoms with E-state index in [4.69, 9.17) is 4.98 Å². The average Bonchev–Trinajstić information content (AvgIpc) is 3.28. The maximum Gasteiger partial charge on any atom is 0.275 e. The highest BCUT2D eigenvalue weighted by Gasteiger charge is 2.25. The molecule has 0 saturated heterocycles. The van der Waals surface area contributed by atoms with Crippen molar-refractivity contribution in [2.75, 3.05) is 4.83 Å². The zero-order chi connectivity index (χ0) is 26.3. The first-order valence-electron chi connectivity index (χ1n) is 12.2. The van der Waals surface area contributed by atoms with E-state index in [9.17, 15) is 8.42 Å². The first kappa shape index (κ1) is 24.4. The Bertz CT molecular complexity index is 1830. The van der Waals surface area contributed by atoms with Gasteiger partial charge in [0.1, 0.15) is 0 Å². The molecule has 38 heavy (non-hydrogen) atoms. The highest BCUT2D eigenvalue weighted by Crippen LogP contribution is 2.41. The summed E-state index contributed by atoms with van der Waals surface area (Å²) in [6, 6.07) is 32.9. The molecule has 2 aliphatic rings. The number of sulfonamides is 1. The van der Waals surface area contributed by atoms with Crippen molar-refractivity contribution in [2.45, 2.75) is 18.2 Å². The van der Waals surface area contributed by atoms with Crippen molar-refractivity contribution in [3.05, 3.63) is 131 Å². The Kier molecular flexibility index (Phi) is 6.26. The van der Waals surface area contributed by atoms with Gasteiger partial charge in [0.15, 0.2) is 0 Å². The third-order valence-electron chi connectivity index (χ3n) is 6.65. The quantitative estimate of drug-likeness (QED) is 0.223. The number of pyridine rings is 1. The highest BCUT2D eigenvalue weighted by atomic mass is 79.9. The standard InChI is InChI=1S/C31H24BrN3O2S/c1-21-11-17-25(18-12-21)38(36,37)34-35-20-27-26-9-5-6-10-28(26)33-31(27)30(23-13-15-24(32)16-14-23)29(35)19-22-7-3-2-4-8-22/h2-18,20,34H,19H2,1H3. The lowest BCUT2D eigenvalue weighted by Gasteiger charge is -2.23. The summed E-state index contributed by atoms with van der Waals surface area (Å²) in [5, 5.41) is 0.968. The van der Waals surface area contributed by atoms with Gasteiger partial charge in [-0.25, -0.2) is 9.82 Å². The smallest absolute Gasteiger partial charge is 0.256 e. The average molecular weight is 583 g/mol. The van der Waals surface area contributed by atoms with Gasteiger partial charge in [-0.3, -0.25) is 4.68 Å². The van der Waals surface area contributed by atoms with Gasteiger partial charge in [0.25, 0.3) is 10.0 Å². The summed E-state index contributed by atoms with van der Waals surface area (Å²) < 4.78 is 29.8. The Labute approximate surface area is 230 Å². The molecule has 5 nitrogen and oxygen atoms in total. The molecule has 7 heteroatoms. The van der Waals surface area contributed by atoms with Crippen LogP contribution in [0.2, 0.25) is 0 Å². The molecule has 0 aromatic heterocycles. The molecule has 2 heterocycles. The second-order valence-electron chi connectivity index (χ2n) is 9.29. The summed E-state index contributed by atoms with van der Waals surface area (Å²) in [6.07, 6.45) is 2.36. The maximum atomic E-state index is 13.6. The predicted octanol–water partition coefficient (Wildman–Crippen LogP) is 7.40. The number of nitrogens with zero attached hydrogens (tertiary/aromatic N) is 2. The number of hydrogen-bond acceptors (Lipinski definition) is 3. The molecule has 0 aliphatic carbocycles. The molecule has 0 amide bonds. The van der Waals surface area contributed by atoms with E-state index in [0.29, 0.717) is 6.42 Å². The Morgan fingerprint density at radius 3 is 2.26 bits per heavy atom. The molecule has 0 atom stereocenters. The third-order valence-corrected chi connectivity index (χ3v) is 8.51. The van der Waals surface area contributed by atoms with Crippen LogP contribution >= 0.6 is 15.9 Å². The SMILES string of the molecule is Cc1ccc(S(=O)(=O)Nn2cc3c4ccccc4nc-3c(-c3ccc(Br)cc3)c2Cc2ccccc2)cc1. The van der Waals surface area contributed by atoms with Crippen LogP contribution in [0.4, 0.5) is 0 Å². The van der Waals surface area contributed by atoms with Gasteiger partial charge < -0.3 is 0 Å². The Morgan fingerprint density at radius 2 is 1.53 bits per heavy atom. The van der Waals surface area contributed by atoms with Crippen LogP contribution in [0.15, 0.2) is 119 Å². The molecule has 2 aliphatic heterocycles. The van der Waals surface area contributed by atoms with E-state index >= 15 is 0 Å². The summed E-state index contributed by atoms with van der Waals surface area (Å²) in [4.78, 5) is 8.09. The van der Waals surface area contributed by atoms with E-state index in [2.05, 4.69) is 20.8 Å². The van der Waals surface area contributed by atoms with E-state index in [-0.39, 0.29) is 4.90 Å². The van der Waals surface area contributed by atoms with Crippen LogP contribution in [-0.4, -0.2) is 18.1 Å². The van der Waals surface area contributed by atoms with Gasteiger partial charge in [-0.1, -0.05) is 94.3 Å². The zero-order valence-corrected chi connectivity index (χ0v) is 23.0. The van der Waals surface area contributed by atoms with Gasteiger partial charge in [-0.15, -0.1) is 0 Å². The number of benzene rings is 4. The lowest BCUT2D eigenvalue weighted by atomic mass is 9.94. The summed E-state index contributed by atoms with van der Waals surface area (Å²) in [5.74, 6) is 0. The molecule has 1 N–H and O–H groups in total. The molecule has 4 aromatic carbocycles. The first-order chi connectivity index (χ1) is 18.4. The predicted molar refractivity (Wildman–Crippen MR) is 156 cm³/mol. The largest absolute Gasteiger partial charge is 0.275 e. The van der Waals surface area contributed by atoms with Gasteiger partial charge >= 0.3 is 0 Å². The molecule has 4 aromatic rings. The van der Waals surface area contributed by atoms with Crippen LogP contribution in [0.5, 0.6) is 0 Å². The fourth-order valence-electron chi connectivity index (χ4n) is 4.76. The number of halogens is 1. The minimum atomic E-state index is -3.87. The number of nitrogens with one attached hydrogen (secondary N) is 1. The van der Waals surface area contributed by atoms with Crippen LogP contribution < -0.4 is 4.83 Å². The summed E-state index contributed by atoms with van der Waals surface area (Å²) >= 11 is 3.54. The molecule has 0 bridgehead atoms. The van der Waals surface area contributed by atoms with Crippen molar-refractivity contribution in [3.8, 4) is 22.4 Å². The lowest BCUT2D eigenvalue weighted by molar-refractivity contribution is 0.594. The summed E-state index contributed by atoms with van der Waals surface area (Å²) in [7, 11) is -3.87. The zero-order valence-electron chi connectivity index (χ0n) is 20.6. The van der Waals surface area contributed by atoms with Gasteiger partial charge in [-0.2, -0.15) is 8.42 Å². The van der Waals surface area contributed by atoms with Crippen molar-refractivity contribution in [2.24, 2.45) is 0 Å². The van der Waals surface area contributed by atoms with Crippen molar-refractivity contribution < 1.29 is 8.42 Å². The Balaban J connectivity index is 1.65. The van der Waals surface area contributed by atoms with Crippen LogP contribution in [0.1, 0.15) is 16.8 Å². The summed E-state index contributed by atoms with van der Waals surface area (Å²) in [6.45, 7) is 1.93. The second-order valence-corrected chi connectivity index (χ2v) is 11.9. The number of hydrogen-bond donors (Lipinski definition) is 1. The molecular formula is C31H24BrN3O2S. The summed E-state index contributed by atoms with van der Waals surface area (Å²) in [5.41, 5.74) is 7.28. The number of rotatable bonds is 6. The molecular weight excluding hydrogens is 558 g/mol. The molecule has 0 radical (unpaired) electrons. The van der Waals surface area contributed by atoms with Crippen LogP contribution in [-0.2, 0) is 16.4 Å². The van der Waals surface area contributed by atoms with Crippen LogP contribution in [0.3, 0.4) is 0 Å². The second kappa shape index (κ2) is 9.74. The monoisotopic (exact) mass is 581 g/mol. The Hall–Kier alpha value is -3.94. The van der Waals surface area contributed by atoms with Crippen molar-refractivity contribution >= 4 is 36.9 Å². The molecule has 0 saturated carbocycles. The highest BCUT2D eigenvalue weighted by molar-refractivity contribution is 9.10. The van der Waals surface area contributed by atoms with Gasteiger partial charge in [0, 0.05) is 33.6 Å². The molecule has 0 spiro atoms. The fourth-order valence-corrected chi connectivity index (χ4v) is 6.04. The number of para-hydroxylation sites is 1. The number of aryl methyl sites for hydroxylation is 1. The number of aromatic nitrogens is 2. The minimum absolute atomic E-state index is 0.206. The van der Waals surface area contributed by atoms with E-state index in [0.717, 1.165) is 54.6 Å². The van der Waals surface area contributed by atoms with E-state index in [1.807, 2.05) is 92.0 Å². The minimum Gasteiger partial charge on any atom is -0.256 e. The van der Waals surface area contributed by atoms with Crippen LogP contribution in [0, 0.1) is 6.92 Å². The van der Waals surface area contributed by atoms with Crippen molar-refractivity contribution in [1.82, 2.24) is 9.66 Å². The van der Waals surface area contributed by atoms with Gasteiger partial charge in [-0.05, 0) is 48.4 Å². The van der Waals surface area contributed by atoms with E-state index < -0.39 is 10.0 Å². The fraction of sp³-hybridized carbons (Fsp3) is 0.0645. The van der Waals surface area contributed by atoms with E-state index in [1.54, 1.807) is 28.9 Å². The van der Waals surface area contributed by atoms with Crippen LogP contribution in [0.25, 0.3) is 33.3 Å². The molecule has 0 unspecified atom stereocenters. The Morgan fingerprint density at radius 1 is 0.842 bits per heavy atom.